The molecule has 0 radical (unpaired) electrons. The normalized spacial score (nSPS) is 25.5. The van der Waals surface area contributed by atoms with Gasteiger partial charge in [-0.2, -0.15) is 0 Å². The van der Waals surface area contributed by atoms with E-state index in [1.54, 1.807) is 0 Å². The first kappa shape index (κ1) is 15.5. The summed E-state index contributed by atoms with van der Waals surface area (Å²) in [6.45, 7) is 4.45. The minimum atomic E-state index is 0.278. The number of piperidine rings is 1. The molecule has 1 aliphatic carbocycles. The highest BCUT2D eigenvalue weighted by atomic mass is 16.2. The van der Waals surface area contributed by atoms with Crippen molar-refractivity contribution in [2.45, 2.75) is 45.1 Å². The quantitative estimate of drug-likeness (QED) is 0.926. The van der Waals surface area contributed by atoms with Gasteiger partial charge in [0, 0.05) is 13.5 Å². The molecule has 1 fully saturated rings. The highest BCUT2D eigenvalue weighted by molar-refractivity contribution is 5.77. The first-order chi connectivity index (χ1) is 10.7. The highest BCUT2D eigenvalue weighted by Gasteiger charge is 2.30. The van der Waals surface area contributed by atoms with Crippen LogP contribution in [-0.2, 0) is 11.2 Å². The summed E-state index contributed by atoms with van der Waals surface area (Å²) in [6, 6.07) is 8.85. The summed E-state index contributed by atoms with van der Waals surface area (Å²) < 4.78 is 0. The number of nitrogens with zero attached hydrogens (tertiary/aromatic N) is 1. The number of fused-ring (bicyclic) bond motifs is 1. The molecule has 0 aromatic heterocycles. The smallest absolute Gasteiger partial charge is 0.223 e. The molecule has 3 nitrogen and oxygen atoms in total. The van der Waals surface area contributed by atoms with Crippen molar-refractivity contribution in [3.05, 3.63) is 35.4 Å². The van der Waals surface area contributed by atoms with Crippen molar-refractivity contribution in [3.63, 3.8) is 0 Å². The number of hydrogen-bond acceptors (Lipinski definition) is 2. The Kier molecular flexibility index (Phi) is 4.82. The molecule has 3 atom stereocenters. The molecule has 120 valence electrons. The van der Waals surface area contributed by atoms with Crippen LogP contribution in [0, 0.1) is 11.8 Å². The third-order valence-corrected chi connectivity index (χ3v) is 5.60. The summed E-state index contributed by atoms with van der Waals surface area (Å²) in [4.78, 5) is 14.7. The summed E-state index contributed by atoms with van der Waals surface area (Å²) in [5, 5.41) is 3.46. The Morgan fingerprint density at radius 2 is 2.18 bits per heavy atom. The van der Waals surface area contributed by atoms with Gasteiger partial charge < -0.3 is 10.2 Å². The number of carbonyl (C=O) groups excluding carboxylic acids is 1. The van der Waals surface area contributed by atoms with Gasteiger partial charge in [-0.25, -0.2) is 0 Å². The molecule has 1 aromatic carbocycles. The lowest BCUT2D eigenvalue weighted by Crippen LogP contribution is -2.36. The van der Waals surface area contributed by atoms with Crippen LogP contribution in [0.4, 0.5) is 0 Å². The predicted molar refractivity (Wildman–Crippen MR) is 89.6 cm³/mol. The molecule has 1 amide bonds. The van der Waals surface area contributed by atoms with E-state index in [4.69, 9.17) is 0 Å². The maximum Gasteiger partial charge on any atom is 0.223 e. The summed E-state index contributed by atoms with van der Waals surface area (Å²) in [6.07, 6.45) is 5.36. The van der Waals surface area contributed by atoms with Crippen LogP contribution in [0.25, 0.3) is 0 Å². The Labute approximate surface area is 134 Å². The Morgan fingerprint density at radius 3 is 2.95 bits per heavy atom. The molecule has 3 heteroatoms. The number of hydrogen-bond donors (Lipinski definition) is 1. The number of nitrogens with one attached hydrogen (secondary N) is 1. The van der Waals surface area contributed by atoms with Crippen LogP contribution >= 0.6 is 0 Å². The molecule has 2 aliphatic rings. The zero-order valence-corrected chi connectivity index (χ0v) is 13.8. The highest BCUT2D eigenvalue weighted by Crippen LogP contribution is 2.35. The topological polar surface area (TPSA) is 32.3 Å². The van der Waals surface area contributed by atoms with E-state index in [0.29, 0.717) is 24.2 Å². The molecule has 22 heavy (non-hydrogen) atoms. The maximum absolute atomic E-state index is 12.7. The van der Waals surface area contributed by atoms with Crippen molar-refractivity contribution in [1.29, 1.82) is 0 Å². The summed E-state index contributed by atoms with van der Waals surface area (Å²) >= 11 is 0. The van der Waals surface area contributed by atoms with E-state index < -0.39 is 0 Å². The third kappa shape index (κ3) is 3.19. The van der Waals surface area contributed by atoms with Gasteiger partial charge in [-0.1, -0.05) is 31.2 Å². The molecule has 1 N–H and O–H groups in total. The van der Waals surface area contributed by atoms with Crippen molar-refractivity contribution < 1.29 is 4.79 Å². The number of amides is 1. The molecule has 3 unspecified atom stereocenters. The molecule has 1 heterocycles. The molecular weight excluding hydrogens is 272 g/mol. The van der Waals surface area contributed by atoms with Crippen LogP contribution in [-0.4, -0.2) is 30.9 Å². The van der Waals surface area contributed by atoms with E-state index in [0.717, 1.165) is 25.9 Å². The van der Waals surface area contributed by atoms with Crippen molar-refractivity contribution in [2.24, 2.45) is 11.8 Å². The average Bonchev–Trinajstić information content (AvgIpc) is 2.99. The summed E-state index contributed by atoms with van der Waals surface area (Å²) in [5.41, 5.74) is 2.77. The molecule has 0 spiro atoms. The first-order valence-corrected chi connectivity index (χ1v) is 8.71. The zero-order valence-electron chi connectivity index (χ0n) is 13.8. The summed E-state index contributed by atoms with van der Waals surface area (Å²) in [7, 11) is 1.99. The van der Waals surface area contributed by atoms with Gasteiger partial charge in [0.2, 0.25) is 5.91 Å². The van der Waals surface area contributed by atoms with Gasteiger partial charge in [-0.15, -0.1) is 0 Å². The van der Waals surface area contributed by atoms with E-state index in [1.165, 1.54) is 24.0 Å². The number of benzene rings is 1. The lowest BCUT2D eigenvalue weighted by Gasteiger charge is -2.31. The Bertz CT molecular complexity index is 522. The Hall–Kier alpha value is -1.35. The first-order valence-electron chi connectivity index (χ1n) is 8.71. The van der Waals surface area contributed by atoms with Crippen LogP contribution in [0.3, 0.4) is 0 Å². The van der Waals surface area contributed by atoms with Gasteiger partial charge in [0.1, 0.15) is 0 Å². The lowest BCUT2D eigenvalue weighted by molar-refractivity contribution is -0.133. The average molecular weight is 300 g/mol. The fourth-order valence-electron chi connectivity index (χ4n) is 4.06. The van der Waals surface area contributed by atoms with E-state index in [9.17, 15) is 4.79 Å². The van der Waals surface area contributed by atoms with Gasteiger partial charge in [0.05, 0.1) is 6.04 Å². The minimum absolute atomic E-state index is 0.278. The minimum Gasteiger partial charge on any atom is -0.339 e. The monoisotopic (exact) mass is 300 g/mol. The van der Waals surface area contributed by atoms with Crippen LogP contribution in [0.15, 0.2) is 24.3 Å². The van der Waals surface area contributed by atoms with Crippen LogP contribution in [0.1, 0.15) is 49.8 Å². The SMILES string of the molecule is CC(CC(=O)N(C)C1CCc2ccccc21)C1CCCNC1. The lowest BCUT2D eigenvalue weighted by atomic mass is 9.85. The largest absolute Gasteiger partial charge is 0.339 e. The van der Waals surface area contributed by atoms with E-state index in [1.807, 2.05) is 11.9 Å². The van der Waals surface area contributed by atoms with E-state index in [2.05, 4.69) is 36.5 Å². The standard InChI is InChI=1S/C19H28N2O/c1-14(16-7-5-11-20-13-16)12-19(22)21(2)18-10-9-15-6-3-4-8-17(15)18/h3-4,6,8,14,16,18,20H,5,7,9-13H2,1-2H3. The van der Waals surface area contributed by atoms with Crippen LogP contribution in [0.5, 0.6) is 0 Å². The molecular formula is C19H28N2O. The van der Waals surface area contributed by atoms with Crippen molar-refractivity contribution in [2.75, 3.05) is 20.1 Å². The fraction of sp³-hybridized carbons (Fsp3) is 0.632. The number of aryl methyl sites for hydroxylation is 1. The fourth-order valence-corrected chi connectivity index (χ4v) is 4.06. The van der Waals surface area contributed by atoms with E-state index >= 15 is 0 Å². The second-order valence-electron chi connectivity index (χ2n) is 7.05. The number of carbonyl (C=O) groups is 1. The van der Waals surface area contributed by atoms with Crippen LogP contribution in [0.2, 0.25) is 0 Å². The van der Waals surface area contributed by atoms with Gasteiger partial charge in [-0.05, 0) is 61.7 Å². The number of rotatable bonds is 4. The molecule has 0 bridgehead atoms. The van der Waals surface area contributed by atoms with Crippen molar-refractivity contribution in [1.82, 2.24) is 10.2 Å². The molecule has 1 aromatic rings. The predicted octanol–water partition coefficient (Wildman–Crippen LogP) is 3.16. The Morgan fingerprint density at radius 1 is 1.36 bits per heavy atom. The second kappa shape index (κ2) is 6.82. The molecule has 1 saturated heterocycles. The van der Waals surface area contributed by atoms with E-state index in [-0.39, 0.29) is 6.04 Å². The van der Waals surface area contributed by atoms with Gasteiger partial charge >= 0.3 is 0 Å². The van der Waals surface area contributed by atoms with Crippen LogP contribution < -0.4 is 5.32 Å². The molecule has 1 aliphatic heterocycles. The molecule has 3 rings (SSSR count). The zero-order chi connectivity index (χ0) is 15.5. The summed E-state index contributed by atoms with van der Waals surface area (Å²) in [5.74, 6) is 1.43. The van der Waals surface area contributed by atoms with Gasteiger partial charge in [0.25, 0.3) is 0 Å². The maximum atomic E-state index is 12.7. The van der Waals surface area contributed by atoms with Crippen molar-refractivity contribution >= 4 is 5.91 Å². The molecule has 0 saturated carbocycles. The second-order valence-corrected chi connectivity index (χ2v) is 7.05. The Balaban J connectivity index is 1.60. The third-order valence-electron chi connectivity index (χ3n) is 5.60. The van der Waals surface area contributed by atoms with Crippen molar-refractivity contribution in [3.8, 4) is 0 Å². The van der Waals surface area contributed by atoms with Gasteiger partial charge in [0.15, 0.2) is 0 Å². The van der Waals surface area contributed by atoms with Gasteiger partial charge in [-0.3, -0.25) is 4.79 Å².